The second kappa shape index (κ2) is 12.2. The minimum absolute atomic E-state index is 0.0910. The van der Waals surface area contributed by atoms with E-state index >= 15 is 0 Å². The van der Waals surface area contributed by atoms with Crippen molar-refractivity contribution in [3.05, 3.63) is 0 Å². The standard InChI is InChI=1S/C12H23NO3/c14-10-6-2-1-5-9-13-12(16)8-4-3-7-11-15/h10,15H,1-9,11H2,(H,13,16). The highest BCUT2D eigenvalue weighted by Crippen LogP contribution is 1.99. The van der Waals surface area contributed by atoms with Crippen LogP contribution >= 0.6 is 0 Å². The Labute approximate surface area is 97.4 Å². The third kappa shape index (κ3) is 11.2. The molecule has 94 valence electrons. The number of aliphatic hydroxyl groups excluding tert-OH is 1. The molecule has 0 aliphatic carbocycles. The first-order valence-electron chi connectivity index (χ1n) is 6.12. The highest BCUT2D eigenvalue weighted by molar-refractivity contribution is 5.75. The van der Waals surface area contributed by atoms with Gasteiger partial charge in [0.05, 0.1) is 0 Å². The monoisotopic (exact) mass is 229 g/mol. The van der Waals surface area contributed by atoms with Crippen LogP contribution in [0.4, 0.5) is 0 Å². The minimum atomic E-state index is 0.0910. The zero-order valence-electron chi connectivity index (χ0n) is 9.91. The number of carbonyl (C=O) groups is 2. The Kier molecular flexibility index (Phi) is 11.5. The Balaban J connectivity index is 3.14. The lowest BCUT2D eigenvalue weighted by molar-refractivity contribution is -0.121. The van der Waals surface area contributed by atoms with Gasteiger partial charge in [-0.05, 0) is 25.7 Å². The van der Waals surface area contributed by atoms with Gasteiger partial charge in [-0.3, -0.25) is 4.79 Å². The molecule has 0 aromatic carbocycles. The Morgan fingerprint density at radius 1 is 1.06 bits per heavy atom. The molecule has 1 amide bonds. The van der Waals surface area contributed by atoms with Crippen LogP contribution in [0, 0.1) is 0 Å². The normalized spacial score (nSPS) is 10.1. The van der Waals surface area contributed by atoms with Crippen molar-refractivity contribution in [2.24, 2.45) is 0 Å². The number of aldehydes is 1. The number of amides is 1. The first-order valence-corrected chi connectivity index (χ1v) is 6.12. The van der Waals surface area contributed by atoms with Crippen molar-refractivity contribution in [2.75, 3.05) is 13.2 Å². The van der Waals surface area contributed by atoms with E-state index in [-0.39, 0.29) is 12.5 Å². The van der Waals surface area contributed by atoms with E-state index in [2.05, 4.69) is 5.32 Å². The number of hydrogen-bond acceptors (Lipinski definition) is 3. The maximum atomic E-state index is 11.3. The largest absolute Gasteiger partial charge is 0.396 e. The van der Waals surface area contributed by atoms with Crippen LogP contribution in [0.15, 0.2) is 0 Å². The summed E-state index contributed by atoms with van der Waals surface area (Å²) in [5.74, 6) is 0.0910. The van der Waals surface area contributed by atoms with Crippen LogP contribution in [0.5, 0.6) is 0 Å². The third-order valence-corrected chi connectivity index (χ3v) is 2.38. The number of nitrogens with one attached hydrogen (secondary N) is 1. The van der Waals surface area contributed by atoms with Gasteiger partial charge in [-0.25, -0.2) is 0 Å². The van der Waals surface area contributed by atoms with Crippen LogP contribution in [-0.4, -0.2) is 30.5 Å². The average Bonchev–Trinajstić information content (AvgIpc) is 2.29. The minimum Gasteiger partial charge on any atom is -0.396 e. The maximum Gasteiger partial charge on any atom is 0.219 e. The summed E-state index contributed by atoms with van der Waals surface area (Å²) in [4.78, 5) is 21.3. The van der Waals surface area contributed by atoms with Crippen molar-refractivity contribution in [3.8, 4) is 0 Å². The number of carbonyl (C=O) groups excluding carboxylic acids is 2. The van der Waals surface area contributed by atoms with Crippen LogP contribution in [0.2, 0.25) is 0 Å². The second-order valence-electron chi connectivity index (χ2n) is 3.90. The van der Waals surface area contributed by atoms with E-state index in [1.165, 1.54) is 0 Å². The quantitative estimate of drug-likeness (QED) is 0.416. The summed E-state index contributed by atoms with van der Waals surface area (Å²) in [6.07, 6.45) is 7.47. The number of aliphatic hydroxyl groups is 1. The lowest BCUT2D eigenvalue weighted by Crippen LogP contribution is -2.23. The van der Waals surface area contributed by atoms with Crippen molar-refractivity contribution >= 4 is 12.2 Å². The molecule has 0 aliphatic rings. The van der Waals surface area contributed by atoms with Crippen LogP contribution in [0.3, 0.4) is 0 Å². The molecule has 0 saturated heterocycles. The van der Waals surface area contributed by atoms with Gasteiger partial charge in [-0.2, -0.15) is 0 Å². The molecule has 0 heterocycles. The van der Waals surface area contributed by atoms with Gasteiger partial charge in [0.15, 0.2) is 0 Å². The molecule has 0 unspecified atom stereocenters. The molecule has 0 rings (SSSR count). The fourth-order valence-electron chi connectivity index (χ4n) is 1.42. The summed E-state index contributed by atoms with van der Waals surface area (Å²) >= 11 is 0. The van der Waals surface area contributed by atoms with Crippen LogP contribution in [0.1, 0.15) is 51.4 Å². The smallest absolute Gasteiger partial charge is 0.219 e. The lowest BCUT2D eigenvalue weighted by Gasteiger charge is -2.04. The van der Waals surface area contributed by atoms with Gasteiger partial charge in [-0.1, -0.05) is 12.8 Å². The fraction of sp³-hybridized carbons (Fsp3) is 0.833. The van der Waals surface area contributed by atoms with Gasteiger partial charge in [0.1, 0.15) is 6.29 Å². The van der Waals surface area contributed by atoms with Crippen LogP contribution < -0.4 is 5.32 Å². The summed E-state index contributed by atoms with van der Waals surface area (Å²) in [5, 5.41) is 11.4. The van der Waals surface area contributed by atoms with Crippen molar-refractivity contribution in [1.29, 1.82) is 0 Å². The predicted octanol–water partition coefficient (Wildman–Crippen LogP) is 1.41. The summed E-state index contributed by atoms with van der Waals surface area (Å²) in [7, 11) is 0. The number of hydrogen-bond donors (Lipinski definition) is 2. The Morgan fingerprint density at radius 2 is 1.81 bits per heavy atom. The van der Waals surface area contributed by atoms with E-state index in [1.807, 2.05) is 0 Å². The summed E-state index contributed by atoms with van der Waals surface area (Å²) < 4.78 is 0. The molecule has 4 heteroatoms. The van der Waals surface area contributed by atoms with Crippen molar-refractivity contribution in [1.82, 2.24) is 5.32 Å². The molecule has 0 saturated carbocycles. The van der Waals surface area contributed by atoms with Crippen molar-refractivity contribution in [3.63, 3.8) is 0 Å². The van der Waals surface area contributed by atoms with Crippen LogP contribution in [0.25, 0.3) is 0 Å². The summed E-state index contributed by atoms with van der Waals surface area (Å²) in [6, 6.07) is 0. The van der Waals surface area contributed by atoms with Gasteiger partial charge < -0.3 is 15.2 Å². The molecular formula is C12H23NO3. The molecule has 2 N–H and O–H groups in total. The first kappa shape index (κ1) is 15.1. The molecule has 4 nitrogen and oxygen atoms in total. The molecule has 0 bridgehead atoms. The highest BCUT2D eigenvalue weighted by Gasteiger charge is 1.99. The van der Waals surface area contributed by atoms with Gasteiger partial charge in [0.2, 0.25) is 5.91 Å². The molecular weight excluding hydrogens is 206 g/mol. The number of unbranched alkanes of at least 4 members (excludes halogenated alkanes) is 5. The summed E-state index contributed by atoms with van der Waals surface area (Å²) in [6.45, 7) is 0.913. The zero-order valence-corrected chi connectivity index (χ0v) is 9.91. The third-order valence-electron chi connectivity index (χ3n) is 2.38. The van der Waals surface area contributed by atoms with E-state index in [0.717, 1.165) is 44.8 Å². The summed E-state index contributed by atoms with van der Waals surface area (Å²) in [5.41, 5.74) is 0. The molecule has 16 heavy (non-hydrogen) atoms. The Hall–Kier alpha value is -0.900. The molecule has 0 fully saturated rings. The van der Waals surface area contributed by atoms with E-state index in [4.69, 9.17) is 5.11 Å². The van der Waals surface area contributed by atoms with Gasteiger partial charge in [0.25, 0.3) is 0 Å². The number of rotatable bonds is 11. The van der Waals surface area contributed by atoms with E-state index < -0.39 is 0 Å². The molecule has 0 aromatic rings. The van der Waals surface area contributed by atoms with Crippen LogP contribution in [-0.2, 0) is 9.59 Å². The van der Waals surface area contributed by atoms with E-state index in [1.54, 1.807) is 0 Å². The molecule has 0 aliphatic heterocycles. The SMILES string of the molecule is O=CCCCCCNC(=O)CCCCCO. The molecule has 0 spiro atoms. The van der Waals surface area contributed by atoms with Gasteiger partial charge in [0, 0.05) is 26.0 Å². The fourth-order valence-corrected chi connectivity index (χ4v) is 1.42. The average molecular weight is 229 g/mol. The van der Waals surface area contributed by atoms with Crippen molar-refractivity contribution in [2.45, 2.75) is 51.4 Å². The highest BCUT2D eigenvalue weighted by atomic mass is 16.2. The van der Waals surface area contributed by atoms with Crippen molar-refractivity contribution < 1.29 is 14.7 Å². The second-order valence-corrected chi connectivity index (χ2v) is 3.90. The molecule has 0 radical (unpaired) electrons. The lowest BCUT2D eigenvalue weighted by atomic mass is 10.2. The first-order chi connectivity index (χ1) is 7.81. The molecule has 0 aromatic heterocycles. The Bertz CT molecular complexity index is 183. The molecule has 0 atom stereocenters. The van der Waals surface area contributed by atoms with E-state index in [0.29, 0.717) is 19.4 Å². The van der Waals surface area contributed by atoms with E-state index in [9.17, 15) is 9.59 Å². The van der Waals surface area contributed by atoms with Gasteiger partial charge in [-0.15, -0.1) is 0 Å². The van der Waals surface area contributed by atoms with Gasteiger partial charge >= 0.3 is 0 Å². The topological polar surface area (TPSA) is 66.4 Å². The predicted molar refractivity (Wildman–Crippen MR) is 63.1 cm³/mol. The Morgan fingerprint density at radius 3 is 2.50 bits per heavy atom. The zero-order chi connectivity index (χ0) is 12.1. The maximum absolute atomic E-state index is 11.3.